The van der Waals surface area contributed by atoms with E-state index in [2.05, 4.69) is 42.5 Å². The van der Waals surface area contributed by atoms with Gasteiger partial charge in [-0.15, -0.1) is 0 Å². The number of ketones is 1. The van der Waals surface area contributed by atoms with Crippen LogP contribution in [0.2, 0.25) is 0 Å². The van der Waals surface area contributed by atoms with Gasteiger partial charge in [0, 0.05) is 50.0 Å². The van der Waals surface area contributed by atoms with Gasteiger partial charge in [0.05, 0.1) is 42.2 Å². The largest absolute Gasteiger partial charge is 0.389 e. The number of hydrogen-bond donors (Lipinski definition) is 8. The Morgan fingerprint density at radius 1 is 0.573 bits per heavy atom. The zero-order chi connectivity index (χ0) is 65.5. The molecule has 24 heteroatoms. The Labute approximate surface area is 517 Å². The molecule has 8 amide bonds. The standard InChI is InChI=1S/C65H88F6N10O8/c1-36(72-9)55(83)78-53(62(3,4)5)52(82)50-33-43(35-81(50)61(89)77-49-24-16-20-39-18-12-14-22-45(39)49)75-58(86)47(28-30-65(69,70)71)46(27-29-64(66,67)68)57(85)74-42-26-25-40-32-51(59(87)76-48-23-15-19-38-17-11-13-21-44(38)48)80(34-41(40)31-42)60(88)54(63(6,7)8)79-56(84)37(2)73-10/h11-14,17-18,21-22,25-26,31,36-37,43,46-51,53-54,72-73H,15-16,19-20,23-24,27-30,32-35H2,1-10H3,(H,74,85)(H,75,86)(H,76,87)(H,77,89)(H,78,83)(H,79,84)/t36-,37-,43?,46+,47-,48?,49?,50-,51-,53+,54+/m0/s1. The number of likely N-dealkylation sites (tertiary alicyclic amines) is 1. The fraction of sp³-hybridized carbons (Fsp3) is 0.600. The van der Waals surface area contributed by atoms with E-state index >= 15 is 4.79 Å². The van der Waals surface area contributed by atoms with Crippen LogP contribution in [0.15, 0.2) is 66.7 Å². The molecule has 11 atom stereocenters. The minimum absolute atomic E-state index is 0.0383. The van der Waals surface area contributed by atoms with Crippen LogP contribution >= 0.6 is 0 Å². The van der Waals surface area contributed by atoms with Gasteiger partial charge in [-0.25, -0.2) is 4.79 Å². The van der Waals surface area contributed by atoms with E-state index < -0.39 is 156 Å². The third-order valence-corrected chi connectivity index (χ3v) is 17.9. The second-order valence-electron chi connectivity index (χ2n) is 26.6. The quantitative estimate of drug-likeness (QED) is 0.0476. The summed E-state index contributed by atoms with van der Waals surface area (Å²) in [5, 5.41) is 22.8. The van der Waals surface area contributed by atoms with Crippen LogP contribution in [0.3, 0.4) is 0 Å². The third kappa shape index (κ3) is 17.9. The minimum Gasteiger partial charge on any atom is -0.351 e. The number of anilines is 1. The molecule has 4 aliphatic rings. The molecule has 89 heavy (non-hydrogen) atoms. The predicted octanol–water partition coefficient (Wildman–Crippen LogP) is 8.18. The zero-order valence-electron chi connectivity index (χ0n) is 52.5. The van der Waals surface area contributed by atoms with Gasteiger partial charge in [-0.05, 0) is 142 Å². The van der Waals surface area contributed by atoms with E-state index in [1.54, 1.807) is 75.6 Å². The lowest BCUT2D eigenvalue weighted by Crippen LogP contribution is -2.62. The highest BCUT2D eigenvalue weighted by Crippen LogP contribution is 2.38. The van der Waals surface area contributed by atoms with Crippen molar-refractivity contribution in [3.63, 3.8) is 0 Å². The van der Waals surface area contributed by atoms with Gasteiger partial charge in [-0.3, -0.25) is 33.6 Å². The summed E-state index contributed by atoms with van der Waals surface area (Å²) in [7, 11) is 3.14. The summed E-state index contributed by atoms with van der Waals surface area (Å²) in [4.78, 5) is 118. The molecule has 0 bridgehead atoms. The van der Waals surface area contributed by atoms with E-state index in [9.17, 15) is 59.9 Å². The molecule has 0 aromatic heterocycles. The number of nitrogens with one attached hydrogen (secondary N) is 8. The molecule has 2 aliphatic carbocycles. The first-order chi connectivity index (χ1) is 41.7. The Balaban J connectivity index is 1.20. The van der Waals surface area contributed by atoms with Gasteiger partial charge in [0.2, 0.25) is 35.4 Å². The lowest BCUT2D eigenvalue weighted by atomic mass is 9.81. The zero-order valence-corrected chi connectivity index (χ0v) is 52.5. The number of fused-ring (bicyclic) bond motifs is 3. The van der Waals surface area contributed by atoms with Crippen LogP contribution in [0.1, 0.15) is 159 Å². The molecule has 7 rings (SSSR count). The lowest BCUT2D eigenvalue weighted by molar-refractivity contribution is -0.151. The van der Waals surface area contributed by atoms with E-state index in [-0.39, 0.29) is 37.7 Å². The molecule has 18 nitrogen and oxygen atoms in total. The average molecular weight is 1250 g/mol. The maximum Gasteiger partial charge on any atom is 0.389 e. The first-order valence-corrected chi connectivity index (χ1v) is 30.9. The molecule has 8 N–H and O–H groups in total. The van der Waals surface area contributed by atoms with Crippen LogP contribution in [0.25, 0.3) is 0 Å². The second-order valence-corrected chi connectivity index (χ2v) is 26.6. The molecule has 0 radical (unpaired) electrons. The maximum absolute atomic E-state index is 15.0. The number of amides is 8. The summed E-state index contributed by atoms with van der Waals surface area (Å²) in [6, 6.07) is 10.7. The average Bonchev–Trinajstić information content (AvgIpc) is 1.81. The normalized spacial score (nSPS) is 21.5. The molecule has 3 aromatic carbocycles. The van der Waals surface area contributed by atoms with E-state index in [0.29, 0.717) is 24.0 Å². The van der Waals surface area contributed by atoms with E-state index in [4.69, 9.17) is 0 Å². The summed E-state index contributed by atoms with van der Waals surface area (Å²) >= 11 is 0. The van der Waals surface area contributed by atoms with Gasteiger partial charge < -0.3 is 52.3 Å². The first kappa shape index (κ1) is 69.4. The summed E-state index contributed by atoms with van der Waals surface area (Å²) in [6.07, 6.45) is -11.5. The number of hydrogen-bond acceptors (Lipinski definition) is 10. The summed E-state index contributed by atoms with van der Waals surface area (Å²) in [5.41, 5.74) is 3.01. The topological polar surface area (TPSA) is 239 Å². The molecular weight excluding hydrogens is 1160 g/mol. The minimum atomic E-state index is -4.93. The predicted molar refractivity (Wildman–Crippen MR) is 323 cm³/mol. The number of benzene rings is 3. The monoisotopic (exact) mass is 1250 g/mol. The molecule has 0 saturated carbocycles. The molecule has 1 saturated heterocycles. The van der Waals surface area contributed by atoms with Crippen molar-refractivity contribution < 1.29 is 64.7 Å². The van der Waals surface area contributed by atoms with Crippen LogP contribution in [0, 0.1) is 22.7 Å². The number of carbonyl (C=O) groups is 8. The SMILES string of the molecule is CN[C@@H](C)C(=O)N[C@H](C(=O)[C@@H]1CC(NC(=O)[C@@H](CCC(F)(F)F)[C@@H](CCC(F)(F)F)C(=O)Nc2ccc3c(c2)CN(C(=O)[C@@H](NC(=O)[C@H](C)NC)C(C)(C)C)[C@H](C(=O)NC2CCCc4ccccc42)C3)CN1C(=O)NC1CCCc2ccccc21)C(C)(C)C. The highest BCUT2D eigenvalue weighted by Gasteiger charge is 2.49. The van der Waals surface area contributed by atoms with Gasteiger partial charge in [0.1, 0.15) is 12.1 Å². The highest BCUT2D eigenvalue weighted by molar-refractivity contribution is 5.99. The third-order valence-electron chi connectivity index (χ3n) is 17.9. The van der Waals surface area contributed by atoms with E-state index in [1.807, 2.05) is 48.5 Å². The van der Waals surface area contributed by atoms with Crippen LogP contribution in [-0.4, -0.2) is 132 Å². The number of carbonyl (C=O) groups excluding carboxylic acids is 8. The van der Waals surface area contributed by atoms with Gasteiger partial charge in [0.25, 0.3) is 0 Å². The van der Waals surface area contributed by atoms with Crippen molar-refractivity contribution in [3.05, 3.63) is 100 Å². The number of aryl methyl sites for hydroxylation is 2. The molecule has 2 heterocycles. The van der Waals surface area contributed by atoms with E-state index in [1.165, 1.54) is 21.9 Å². The van der Waals surface area contributed by atoms with Crippen molar-refractivity contribution in [2.75, 3.05) is 26.0 Å². The van der Waals surface area contributed by atoms with Crippen LogP contribution in [0.4, 0.5) is 36.8 Å². The van der Waals surface area contributed by atoms with Crippen LogP contribution in [0.5, 0.6) is 0 Å². The van der Waals surface area contributed by atoms with Crippen molar-refractivity contribution in [1.82, 2.24) is 47.0 Å². The van der Waals surface area contributed by atoms with Gasteiger partial charge in [0.15, 0.2) is 5.78 Å². The molecule has 3 unspecified atom stereocenters. The molecule has 2 aliphatic heterocycles. The number of likely N-dealkylation sites (N-methyl/N-ethyl adjacent to an activating group) is 2. The van der Waals surface area contributed by atoms with Crippen molar-refractivity contribution in [1.29, 1.82) is 0 Å². The van der Waals surface area contributed by atoms with Crippen molar-refractivity contribution in [3.8, 4) is 0 Å². The Kier molecular flexibility index (Phi) is 22.5. The summed E-state index contributed by atoms with van der Waals surface area (Å²) in [5.74, 6) is -9.19. The molecule has 488 valence electrons. The van der Waals surface area contributed by atoms with Gasteiger partial charge >= 0.3 is 18.4 Å². The molecule has 0 spiro atoms. The number of urea groups is 1. The molecular formula is C65H88F6N10O8. The number of alkyl halides is 6. The van der Waals surface area contributed by atoms with Crippen molar-refractivity contribution in [2.24, 2.45) is 22.7 Å². The number of rotatable bonds is 21. The number of Topliss-reactive ketones (excluding diaryl/α,β-unsaturated/α-hetero) is 1. The van der Waals surface area contributed by atoms with Crippen LogP contribution in [-0.2, 0) is 59.4 Å². The van der Waals surface area contributed by atoms with Crippen molar-refractivity contribution in [2.45, 2.75) is 206 Å². The summed E-state index contributed by atoms with van der Waals surface area (Å²) in [6.45, 7) is 13.0. The smallest absolute Gasteiger partial charge is 0.351 e. The lowest BCUT2D eigenvalue weighted by Gasteiger charge is -2.42. The van der Waals surface area contributed by atoms with Crippen molar-refractivity contribution >= 4 is 52.9 Å². The number of nitrogens with zero attached hydrogens (tertiary/aromatic N) is 2. The molecule has 3 aromatic rings. The highest BCUT2D eigenvalue weighted by atomic mass is 19.4. The molecule has 1 fully saturated rings. The van der Waals surface area contributed by atoms with Crippen LogP contribution < -0.4 is 42.5 Å². The number of halogens is 6. The Bertz CT molecular complexity index is 3070. The Hall–Kier alpha value is -7.08. The van der Waals surface area contributed by atoms with Gasteiger partial charge in [-0.2, -0.15) is 26.3 Å². The first-order valence-electron chi connectivity index (χ1n) is 30.9. The maximum atomic E-state index is 15.0. The summed E-state index contributed by atoms with van der Waals surface area (Å²) < 4.78 is 85.7. The fourth-order valence-electron chi connectivity index (χ4n) is 12.6. The second kappa shape index (κ2) is 28.8. The Morgan fingerprint density at radius 2 is 1.08 bits per heavy atom. The Morgan fingerprint density at radius 3 is 1.60 bits per heavy atom. The van der Waals surface area contributed by atoms with E-state index in [0.717, 1.165) is 47.9 Å². The fourth-order valence-corrected chi connectivity index (χ4v) is 12.6. The van der Waals surface area contributed by atoms with Gasteiger partial charge in [-0.1, -0.05) is 96.1 Å².